The van der Waals surface area contributed by atoms with Gasteiger partial charge in [0.15, 0.2) is 11.5 Å². The molecule has 1 N–H and O–H groups in total. The number of nitrogens with one attached hydrogen (secondary N) is 1. The fourth-order valence-electron chi connectivity index (χ4n) is 2.87. The van der Waals surface area contributed by atoms with Crippen LogP contribution >= 0.6 is 11.8 Å². The van der Waals surface area contributed by atoms with Gasteiger partial charge in [-0.25, -0.2) is 4.98 Å². The highest BCUT2D eigenvalue weighted by molar-refractivity contribution is 8.00. The number of ether oxygens (including phenoxy) is 2. The summed E-state index contributed by atoms with van der Waals surface area (Å²) in [5.74, 6) is 3.88. The van der Waals surface area contributed by atoms with Crippen LogP contribution in [0.4, 0.5) is 5.82 Å². The lowest BCUT2D eigenvalue weighted by Crippen LogP contribution is -2.16. The lowest BCUT2D eigenvalue weighted by Gasteiger charge is -2.20. The van der Waals surface area contributed by atoms with Crippen LogP contribution in [0.3, 0.4) is 0 Å². The molecule has 1 fully saturated rings. The first kappa shape index (κ1) is 13.1. The van der Waals surface area contributed by atoms with E-state index in [9.17, 15) is 0 Å². The lowest BCUT2D eigenvalue weighted by atomic mass is 10.1. The molecule has 0 spiro atoms. The number of hydrogen-bond donors (Lipinski definition) is 1. The molecule has 1 aromatic heterocycles. The molecule has 4 rings (SSSR count). The van der Waals surface area contributed by atoms with Crippen molar-refractivity contribution >= 4 is 28.4 Å². The summed E-state index contributed by atoms with van der Waals surface area (Å²) in [5, 5.41) is 6.45. The van der Waals surface area contributed by atoms with E-state index < -0.39 is 0 Å². The molecule has 1 unspecified atom stereocenters. The maximum atomic E-state index is 5.68. The van der Waals surface area contributed by atoms with Crippen molar-refractivity contribution in [2.75, 3.05) is 30.8 Å². The van der Waals surface area contributed by atoms with Gasteiger partial charge in [0.1, 0.15) is 19.0 Å². The van der Waals surface area contributed by atoms with Crippen LogP contribution in [0, 0.1) is 0 Å². The first-order valence-corrected chi connectivity index (χ1v) is 8.49. The van der Waals surface area contributed by atoms with Crippen molar-refractivity contribution in [2.45, 2.75) is 18.1 Å². The van der Waals surface area contributed by atoms with Crippen molar-refractivity contribution in [2.24, 2.45) is 0 Å². The maximum Gasteiger partial charge on any atom is 0.162 e. The quantitative estimate of drug-likeness (QED) is 0.942. The van der Waals surface area contributed by atoms with Gasteiger partial charge in [-0.05, 0) is 42.2 Å². The highest BCUT2D eigenvalue weighted by Crippen LogP contribution is 2.36. The number of nitrogens with zero attached hydrogens (tertiary/aromatic N) is 1. The van der Waals surface area contributed by atoms with Gasteiger partial charge in [0.05, 0.1) is 0 Å². The van der Waals surface area contributed by atoms with Crippen LogP contribution in [-0.2, 0) is 0 Å². The van der Waals surface area contributed by atoms with Crippen molar-refractivity contribution in [1.82, 2.24) is 4.98 Å². The number of hydrogen-bond acceptors (Lipinski definition) is 5. The van der Waals surface area contributed by atoms with E-state index in [0.29, 0.717) is 18.5 Å². The Hall–Kier alpha value is -1.62. The van der Waals surface area contributed by atoms with Crippen molar-refractivity contribution in [3.05, 3.63) is 24.4 Å². The van der Waals surface area contributed by atoms with E-state index in [4.69, 9.17) is 9.47 Å². The largest absolute Gasteiger partial charge is 0.486 e. The molecule has 0 aliphatic carbocycles. The Morgan fingerprint density at radius 2 is 2.10 bits per heavy atom. The minimum Gasteiger partial charge on any atom is -0.486 e. The predicted molar refractivity (Wildman–Crippen MR) is 86.7 cm³/mol. The van der Waals surface area contributed by atoms with Crippen LogP contribution in [0.1, 0.15) is 12.8 Å². The molecule has 3 heterocycles. The fraction of sp³-hybridized carbons (Fsp3) is 0.438. The van der Waals surface area contributed by atoms with Gasteiger partial charge in [-0.2, -0.15) is 11.8 Å². The number of fused-ring (bicyclic) bond motifs is 2. The monoisotopic (exact) mass is 302 g/mol. The summed E-state index contributed by atoms with van der Waals surface area (Å²) in [5.41, 5.74) is 0. The van der Waals surface area contributed by atoms with Crippen LogP contribution < -0.4 is 14.8 Å². The minimum atomic E-state index is 0.611. The molecular formula is C16H18N2O2S. The Labute approximate surface area is 128 Å². The first-order chi connectivity index (χ1) is 10.4. The van der Waals surface area contributed by atoms with Gasteiger partial charge in [0.2, 0.25) is 0 Å². The summed E-state index contributed by atoms with van der Waals surface area (Å²) in [6, 6.07) is 6.10. The van der Waals surface area contributed by atoms with Crippen molar-refractivity contribution in [1.29, 1.82) is 0 Å². The molecular weight excluding hydrogens is 284 g/mol. The molecule has 0 radical (unpaired) electrons. The molecule has 0 bridgehead atoms. The molecule has 1 atom stereocenters. The van der Waals surface area contributed by atoms with Crippen LogP contribution in [0.5, 0.6) is 11.5 Å². The number of anilines is 1. The molecule has 0 amide bonds. The number of thioether (sulfide) groups is 1. The Morgan fingerprint density at radius 1 is 1.24 bits per heavy atom. The SMILES string of the molecule is c1cc2cc3c(cc2c(NCC2CCCS2)n1)OCCO3. The number of benzene rings is 1. The average molecular weight is 302 g/mol. The first-order valence-electron chi connectivity index (χ1n) is 7.44. The zero-order valence-electron chi connectivity index (χ0n) is 11.8. The standard InChI is InChI=1S/C16H18N2O2S/c1-2-12(21-7-1)10-18-16-13-9-15-14(19-5-6-20-15)8-11(13)3-4-17-16/h3-4,8-9,12H,1-2,5-7,10H2,(H,17,18). The van der Waals surface area contributed by atoms with E-state index in [2.05, 4.69) is 22.1 Å². The summed E-state index contributed by atoms with van der Waals surface area (Å²) in [6.07, 6.45) is 4.48. The Kier molecular flexibility index (Phi) is 3.51. The average Bonchev–Trinajstić information content (AvgIpc) is 3.04. The molecule has 2 aliphatic heterocycles. The fourth-order valence-corrected chi connectivity index (χ4v) is 4.07. The highest BCUT2D eigenvalue weighted by atomic mass is 32.2. The smallest absolute Gasteiger partial charge is 0.162 e. The second kappa shape index (κ2) is 5.64. The van der Waals surface area contributed by atoms with E-state index in [0.717, 1.165) is 34.6 Å². The molecule has 2 aliphatic rings. The van der Waals surface area contributed by atoms with E-state index in [-0.39, 0.29) is 0 Å². The van der Waals surface area contributed by atoms with E-state index in [1.807, 2.05) is 24.4 Å². The van der Waals surface area contributed by atoms with Crippen LogP contribution in [0.2, 0.25) is 0 Å². The Morgan fingerprint density at radius 3 is 2.90 bits per heavy atom. The zero-order valence-corrected chi connectivity index (χ0v) is 12.6. The summed E-state index contributed by atoms with van der Waals surface area (Å²) in [4.78, 5) is 4.50. The highest BCUT2D eigenvalue weighted by Gasteiger charge is 2.17. The summed E-state index contributed by atoms with van der Waals surface area (Å²) < 4.78 is 11.3. The third kappa shape index (κ3) is 2.62. The minimum absolute atomic E-state index is 0.611. The van der Waals surface area contributed by atoms with Gasteiger partial charge < -0.3 is 14.8 Å². The van der Waals surface area contributed by atoms with Gasteiger partial charge in [-0.1, -0.05) is 0 Å². The molecule has 1 aromatic carbocycles. The van der Waals surface area contributed by atoms with Gasteiger partial charge in [0, 0.05) is 23.4 Å². The third-order valence-electron chi connectivity index (χ3n) is 3.95. The second-order valence-electron chi connectivity index (χ2n) is 5.39. The third-order valence-corrected chi connectivity index (χ3v) is 5.35. The Bertz CT molecular complexity index is 656. The van der Waals surface area contributed by atoms with Gasteiger partial charge in [-0.3, -0.25) is 0 Å². The maximum absolute atomic E-state index is 5.68. The van der Waals surface area contributed by atoms with E-state index >= 15 is 0 Å². The van der Waals surface area contributed by atoms with Crippen molar-refractivity contribution in [3.8, 4) is 11.5 Å². The summed E-state index contributed by atoms with van der Waals surface area (Å²) >= 11 is 2.05. The normalized spacial score (nSPS) is 20.7. The van der Waals surface area contributed by atoms with Crippen LogP contribution in [0.25, 0.3) is 10.8 Å². The number of rotatable bonds is 3. The van der Waals surface area contributed by atoms with Crippen LogP contribution in [-0.4, -0.2) is 35.7 Å². The molecule has 110 valence electrons. The van der Waals surface area contributed by atoms with Crippen LogP contribution in [0.15, 0.2) is 24.4 Å². The van der Waals surface area contributed by atoms with Gasteiger partial charge in [-0.15, -0.1) is 0 Å². The Balaban J connectivity index is 1.64. The zero-order chi connectivity index (χ0) is 14.1. The van der Waals surface area contributed by atoms with Gasteiger partial charge in [0.25, 0.3) is 0 Å². The molecule has 2 aromatic rings. The van der Waals surface area contributed by atoms with E-state index in [1.165, 1.54) is 18.6 Å². The van der Waals surface area contributed by atoms with Gasteiger partial charge >= 0.3 is 0 Å². The number of pyridine rings is 1. The van der Waals surface area contributed by atoms with Crippen molar-refractivity contribution in [3.63, 3.8) is 0 Å². The molecule has 5 heteroatoms. The second-order valence-corrected chi connectivity index (χ2v) is 6.80. The predicted octanol–water partition coefficient (Wildman–Crippen LogP) is 3.31. The van der Waals surface area contributed by atoms with E-state index in [1.54, 1.807) is 0 Å². The topological polar surface area (TPSA) is 43.4 Å². The number of aromatic nitrogens is 1. The molecule has 0 saturated carbocycles. The molecule has 21 heavy (non-hydrogen) atoms. The summed E-state index contributed by atoms with van der Waals surface area (Å²) in [6.45, 7) is 2.21. The molecule has 1 saturated heterocycles. The molecule has 4 nitrogen and oxygen atoms in total. The summed E-state index contributed by atoms with van der Waals surface area (Å²) in [7, 11) is 0. The van der Waals surface area contributed by atoms with Crippen molar-refractivity contribution < 1.29 is 9.47 Å². The lowest BCUT2D eigenvalue weighted by molar-refractivity contribution is 0.172.